The van der Waals surface area contributed by atoms with Crippen LogP contribution in [0.25, 0.3) is 21.6 Å². The van der Waals surface area contributed by atoms with E-state index in [4.69, 9.17) is 21.7 Å². The van der Waals surface area contributed by atoms with Crippen LogP contribution in [0.1, 0.15) is 19.1 Å². The number of aliphatic hydroxyl groups is 2. The number of nitrogen functional groups attached to an aromatic ring is 1. The Hall–Kier alpha value is -3.12. The SMILES string of the molecule is [N-]=[N+]=NCCCC#CC[S+](C[C@H](N)C(=O)O)C[C@H]1O[C@@H](n2cnc3c(N)ncnc32)[C@@H](O)C1O. The van der Waals surface area contributed by atoms with Crippen molar-refractivity contribution in [3.05, 3.63) is 23.1 Å². The summed E-state index contributed by atoms with van der Waals surface area (Å²) in [6, 6.07) is -1.09. The van der Waals surface area contributed by atoms with Crippen LogP contribution in [0.3, 0.4) is 0 Å². The van der Waals surface area contributed by atoms with Gasteiger partial charge in [0.15, 0.2) is 23.4 Å². The number of nitrogens with zero attached hydrogens (tertiary/aromatic N) is 7. The highest BCUT2D eigenvalue weighted by Gasteiger charge is 2.47. The molecule has 0 amide bonds. The zero-order valence-corrected chi connectivity index (χ0v) is 19.0. The number of rotatable bonds is 10. The third-order valence-corrected chi connectivity index (χ3v) is 7.34. The third kappa shape index (κ3) is 6.06. The number of aliphatic hydroxyl groups excluding tert-OH is 2. The minimum absolute atomic E-state index is 0.147. The Bertz CT molecular complexity index is 1110. The van der Waals surface area contributed by atoms with Crippen molar-refractivity contribution in [2.75, 3.05) is 29.5 Å². The van der Waals surface area contributed by atoms with Crippen molar-refractivity contribution in [3.63, 3.8) is 0 Å². The number of fused-ring (bicyclic) bond motifs is 1. The first kappa shape index (κ1) is 25.5. The molecule has 0 aliphatic carbocycles. The fourth-order valence-electron chi connectivity index (χ4n) is 3.42. The maximum atomic E-state index is 11.3. The smallest absolute Gasteiger partial charge is 0.325 e. The number of carboxylic acids is 1. The standard InChI is InChI=1S/C19H25N9O5S/c20-11(19(31)32)7-34(6-4-2-1-3-5-26-27-22)8-12-14(29)15(30)18(33-12)28-10-25-13-16(21)23-9-24-17(13)28/h9-12,14-15,18,29-30H,1,3,5-8,20H2,(H2-,21,23,24,31,32)/p+1/t11-,12+,14?,15-,18+,34?/m0/s1. The van der Waals surface area contributed by atoms with Gasteiger partial charge in [0.05, 0.1) is 6.33 Å². The van der Waals surface area contributed by atoms with E-state index >= 15 is 0 Å². The van der Waals surface area contributed by atoms with Gasteiger partial charge in [-0.25, -0.2) is 15.0 Å². The lowest BCUT2D eigenvalue weighted by molar-refractivity contribution is -0.137. The normalized spacial score (nSPS) is 23.6. The van der Waals surface area contributed by atoms with Gasteiger partial charge in [-0.05, 0) is 17.9 Å². The summed E-state index contributed by atoms with van der Waals surface area (Å²) in [5.41, 5.74) is 20.5. The molecule has 3 heterocycles. The van der Waals surface area contributed by atoms with E-state index in [1.165, 1.54) is 17.2 Å². The molecule has 0 saturated carbocycles. The number of aliphatic carboxylic acids is 1. The molecule has 14 nitrogen and oxygen atoms in total. The summed E-state index contributed by atoms with van der Waals surface area (Å²) in [6.07, 6.45) is -0.439. The second-order valence-corrected chi connectivity index (χ2v) is 9.76. The van der Waals surface area contributed by atoms with Crippen molar-refractivity contribution in [1.29, 1.82) is 0 Å². The molecule has 1 aliphatic heterocycles. The van der Waals surface area contributed by atoms with E-state index in [-0.39, 0.29) is 17.3 Å². The Morgan fingerprint density at radius 2 is 2.15 bits per heavy atom. The molecular formula is C19H26N9O5S+. The number of aromatic nitrogens is 4. The number of unbranched alkanes of at least 4 members (excludes halogenated alkanes) is 1. The highest BCUT2D eigenvalue weighted by molar-refractivity contribution is 7.97. The van der Waals surface area contributed by atoms with Crippen LogP contribution >= 0.6 is 0 Å². The number of nitrogens with two attached hydrogens (primary N) is 2. The average molecular weight is 493 g/mol. The van der Waals surface area contributed by atoms with Crippen LogP contribution in [0.4, 0.5) is 5.82 Å². The van der Waals surface area contributed by atoms with E-state index < -0.39 is 47.4 Å². The first-order valence-corrected chi connectivity index (χ1v) is 12.1. The largest absolute Gasteiger partial charge is 0.480 e. The first-order valence-electron chi connectivity index (χ1n) is 10.4. The second-order valence-electron chi connectivity index (χ2n) is 7.58. The Balaban J connectivity index is 1.70. The summed E-state index contributed by atoms with van der Waals surface area (Å²) in [4.78, 5) is 26.1. The lowest BCUT2D eigenvalue weighted by atomic mass is 10.1. The molecule has 0 spiro atoms. The van der Waals surface area contributed by atoms with Gasteiger partial charge in [-0.3, -0.25) is 9.36 Å². The highest BCUT2D eigenvalue weighted by atomic mass is 32.2. The number of ether oxygens (including phenoxy) is 1. The van der Waals surface area contributed by atoms with Gasteiger partial charge in [0.25, 0.3) is 0 Å². The van der Waals surface area contributed by atoms with Crippen LogP contribution in [0, 0.1) is 11.8 Å². The number of carboxylic acid groups (broad SMARTS) is 1. The zero-order chi connectivity index (χ0) is 24.7. The molecule has 0 aromatic carbocycles. The second kappa shape index (κ2) is 11.8. The van der Waals surface area contributed by atoms with Crippen molar-refractivity contribution >= 4 is 33.8 Å². The van der Waals surface area contributed by atoms with Crippen LogP contribution in [0.2, 0.25) is 0 Å². The molecule has 1 aliphatic rings. The minimum Gasteiger partial charge on any atom is -0.480 e. The van der Waals surface area contributed by atoms with Crippen molar-refractivity contribution in [2.45, 2.75) is 43.4 Å². The predicted molar refractivity (Wildman–Crippen MR) is 124 cm³/mol. The van der Waals surface area contributed by atoms with E-state index in [2.05, 4.69) is 36.8 Å². The Labute approximate surface area is 197 Å². The molecule has 2 unspecified atom stereocenters. The monoisotopic (exact) mass is 492 g/mol. The van der Waals surface area contributed by atoms with Crippen LogP contribution in [-0.2, 0) is 20.4 Å². The first-order chi connectivity index (χ1) is 16.3. The zero-order valence-electron chi connectivity index (χ0n) is 18.1. The molecule has 7 N–H and O–H groups in total. The van der Waals surface area contributed by atoms with Crippen molar-refractivity contribution < 1.29 is 24.9 Å². The molecule has 1 saturated heterocycles. The van der Waals surface area contributed by atoms with Gasteiger partial charge in [0.1, 0.15) is 47.7 Å². The molecule has 182 valence electrons. The fourth-order valence-corrected chi connectivity index (χ4v) is 5.49. The van der Waals surface area contributed by atoms with Crippen molar-refractivity contribution in [1.82, 2.24) is 19.5 Å². The summed E-state index contributed by atoms with van der Waals surface area (Å²) in [6.45, 7) is 0.349. The minimum atomic E-state index is -1.27. The summed E-state index contributed by atoms with van der Waals surface area (Å²) >= 11 is 0. The number of hydrogen-bond donors (Lipinski definition) is 5. The fraction of sp³-hybridized carbons (Fsp3) is 0.579. The molecule has 34 heavy (non-hydrogen) atoms. The number of imidazole rings is 1. The quantitative estimate of drug-likeness (QED) is 0.0688. The number of anilines is 1. The lowest BCUT2D eigenvalue weighted by Crippen LogP contribution is -2.42. The Morgan fingerprint density at radius 1 is 1.35 bits per heavy atom. The molecular weight excluding hydrogens is 466 g/mol. The molecule has 0 radical (unpaired) electrons. The lowest BCUT2D eigenvalue weighted by Gasteiger charge is -2.16. The molecule has 6 atom stereocenters. The van der Waals surface area contributed by atoms with Crippen LogP contribution in [-0.4, -0.2) is 89.0 Å². The molecule has 15 heteroatoms. The van der Waals surface area contributed by atoms with Crippen molar-refractivity contribution in [2.24, 2.45) is 10.8 Å². The van der Waals surface area contributed by atoms with Gasteiger partial charge < -0.3 is 31.5 Å². The Kier molecular flexibility index (Phi) is 8.88. The highest BCUT2D eigenvalue weighted by Crippen LogP contribution is 2.32. The number of carbonyl (C=O) groups is 1. The van der Waals surface area contributed by atoms with Crippen LogP contribution < -0.4 is 11.5 Å². The summed E-state index contributed by atoms with van der Waals surface area (Å²) in [7, 11) is -0.630. The van der Waals surface area contributed by atoms with E-state index in [1.807, 2.05) is 0 Å². The van der Waals surface area contributed by atoms with E-state index in [9.17, 15) is 20.1 Å². The van der Waals surface area contributed by atoms with E-state index in [1.54, 1.807) is 0 Å². The summed E-state index contributed by atoms with van der Waals surface area (Å²) in [5.74, 6) is 5.79. The maximum Gasteiger partial charge on any atom is 0.325 e. The van der Waals surface area contributed by atoms with Gasteiger partial charge in [0.2, 0.25) is 0 Å². The number of azide groups is 1. The van der Waals surface area contributed by atoms with Gasteiger partial charge >= 0.3 is 5.97 Å². The molecule has 2 aromatic heterocycles. The van der Waals surface area contributed by atoms with Gasteiger partial charge in [-0.15, -0.1) is 0 Å². The third-order valence-electron chi connectivity index (χ3n) is 5.16. The van der Waals surface area contributed by atoms with Crippen LogP contribution in [0.5, 0.6) is 0 Å². The van der Waals surface area contributed by atoms with E-state index in [0.29, 0.717) is 36.3 Å². The van der Waals surface area contributed by atoms with Crippen molar-refractivity contribution in [3.8, 4) is 11.8 Å². The summed E-state index contributed by atoms with van der Waals surface area (Å²) < 4.78 is 7.45. The van der Waals surface area contributed by atoms with Gasteiger partial charge in [-0.2, -0.15) is 0 Å². The van der Waals surface area contributed by atoms with E-state index in [0.717, 1.165) is 0 Å². The predicted octanol–water partition coefficient (Wildman–Crippen LogP) is -0.848. The van der Waals surface area contributed by atoms with Gasteiger partial charge in [0, 0.05) is 28.8 Å². The average Bonchev–Trinajstić information content (AvgIpc) is 3.35. The topological polar surface area (TPSA) is 231 Å². The molecule has 2 aromatic rings. The number of hydrogen-bond acceptors (Lipinski definition) is 10. The molecule has 1 fully saturated rings. The van der Waals surface area contributed by atoms with Crippen LogP contribution in [0.15, 0.2) is 17.8 Å². The molecule has 3 rings (SSSR count). The Morgan fingerprint density at radius 3 is 2.88 bits per heavy atom. The summed E-state index contributed by atoms with van der Waals surface area (Å²) in [5, 5.41) is 34.0. The van der Waals surface area contributed by atoms with Gasteiger partial charge in [-0.1, -0.05) is 11.0 Å². The molecule has 0 bridgehead atoms. The maximum absolute atomic E-state index is 11.3.